The van der Waals surface area contributed by atoms with Crippen LogP contribution in [0.3, 0.4) is 0 Å². The lowest BCUT2D eigenvalue weighted by atomic mass is 9.79. The molecule has 2 N–H and O–H groups in total. The number of nitrogens with one attached hydrogen (secondary N) is 1. The first kappa shape index (κ1) is 12.2. The highest BCUT2D eigenvalue weighted by Gasteiger charge is 2.46. The minimum absolute atomic E-state index is 0.123. The van der Waals surface area contributed by atoms with Crippen LogP contribution in [0.5, 0.6) is 0 Å². The minimum atomic E-state index is -1.24. The molecular formula is C14H16N2O3. The third kappa shape index (κ3) is 2.00. The van der Waals surface area contributed by atoms with Crippen LogP contribution < -0.4 is 10.2 Å². The molecule has 2 fully saturated rings. The smallest absolute Gasteiger partial charge is 0.252 e. The second kappa shape index (κ2) is 4.35. The molecule has 1 saturated heterocycles. The number of β-lactam (4-membered cyclic amide) rings is 1. The molecule has 0 radical (unpaired) electrons. The summed E-state index contributed by atoms with van der Waals surface area (Å²) in [4.78, 5) is 25.4. The van der Waals surface area contributed by atoms with Gasteiger partial charge in [-0.2, -0.15) is 0 Å². The number of rotatable bonds is 3. The van der Waals surface area contributed by atoms with Gasteiger partial charge < -0.3 is 15.3 Å². The molecule has 5 nitrogen and oxygen atoms in total. The number of carbonyl (C=O) groups excluding carboxylic acids is 2. The standard InChI is InChI=1S/C14H16N2O3/c17-12-11(15-13(18)14(19)7-4-8-14)9-16(12)10-5-2-1-3-6-10/h1-3,5-6,11,19H,4,7-9H2,(H,15,18)/t11-/m1/s1. The second-order valence-corrected chi connectivity index (χ2v) is 5.20. The lowest BCUT2D eigenvalue weighted by molar-refractivity contribution is -0.151. The van der Waals surface area contributed by atoms with Crippen molar-refractivity contribution in [3.05, 3.63) is 30.3 Å². The van der Waals surface area contributed by atoms with Crippen molar-refractivity contribution < 1.29 is 14.7 Å². The molecule has 1 aromatic rings. The van der Waals surface area contributed by atoms with Crippen LogP contribution in [0.2, 0.25) is 0 Å². The molecule has 2 aliphatic rings. The van der Waals surface area contributed by atoms with Crippen LogP contribution in [-0.2, 0) is 9.59 Å². The molecule has 1 aliphatic carbocycles. The SMILES string of the molecule is O=C1[C@H](NC(=O)C2(O)CCC2)CN1c1ccccc1. The van der Waals surface area contributed by atoms with E-state index in [9.17, 15) is 14.7 Å². The number of benzene rings is 1. The molecule has 0 unspecified atom stereocenters. The van der Waals surface area contributed by atoms with Gasteiger partial charge in [0.2, 0.25) is 0 Å². The number of carbonyl (C=O) groups is 2. The van der Waals surface area contributed by atoms with Crippen molar-refractivity contribution in [1.29, 1.82) is 0 Å². The zero-order chi connectivity index (χ0) is 13.5. The van der Waals surface area contributed by atoms with Gasteiger partial charge in [0.25, 0.3) is 11.8 Å². The summed E-state index contributed by atoms with van der Waals surface area (Å²) in [6.45, 7) is 0.463. The Balaban J connectivity index is 1.59. The molecule has 0 spiro atoms. The maximum atomic E-state index is 12.0. The van der Waals surface area contributed by atoms with E-state index in [1.165, 1.54) is 0 Å². The molecule has 1 atom stereocenters. The highest BCUT2D eigenvalue weighted by molar-refractivity contribution is 6.06. The molecule has 5 heteroatoms. The third-order valence-corrected chi connectivity index (χ3v) is 3.91. The third-order valence-electron chi connectivity index (χ3n) is 3.91. The van der Waals surface area contributed by atoms with Gasteiger partial charge in [-0.3, -0.25) is 9.59 Å². The van der Waals surface area contributed by atoms with Crippen LogP contribution in [0.15, 0.2) is 30.3 Å². The second-order valence-electron chi connectivity index (χ2n) is 5.20. The summed E-state index contributed by atoms with van der Waals surface area (Å²) in [7, 11) is 0. The molecule has 1 aromatic carbocycles. The van der Waals surface area contributed by atoms with E-state index in [1.807, 2.05) is 30.3 Å². The summed E-state index contributed by atoms with van der Waals surface area (Å²) in [5, 5.41) is 12.5. The summed E-state index contributed by atoms with van der Waals surface area (Å²) in [5.41, 5.74) is -0.409. The summed E-state index contributed by atoms with van der Waals surface area (Å²) in [6.07, 6.45) is 1.84. The summed E-state index contributed by atoms with van der Waals surface area (Å²) < 4.78 is 0. The Bertz CT molecular complexity index is 511. The number of hydrogen-bond acceptors (Lipinski definition) is 3. The van der Waals surface area contributed by atoms with Gasteiger partial charge in [-0.05, 0) is 31.4 Å². The van der Waals surface area contributed by atoms with Gasteiger partial charge in [0.15, 0.2) is 0 Å². The molecule has 1 aliphatic heterocycles. The Kier molecular flexibility index (Phi) is 2.78. The predicted octanol–water partition coefficient (Wildman–Crippen LogP) is 0.433. The normalized spacial score (nSPS) is 24.4. The fourth-order valence-corrected chi connectivity index (χ4v) is 2.41. The number of anilines is 1. The van der Waals surface area contributed by atoms with E-state index >= 15 is 0 Å². The van der Waals surface area contributed by atoms with Crippen LogP contribution >= 0.6 is 0 Å². The number of nitrogens with zero attached hydrogens (tertiary/aromatic N) is 1. The highest BCUT2D eigenvalue weighted by Crippen LogP contribution is 2.32. The highest BCUT2D eigenvalue weighted by atomic mass is 16.3. The van der Waals surface area contributed by atoms with Crippen molar-refractivity contribution >= 4 is 17.5 Å². The van der Waals surface area contributed by atoms with E-state index in [2.05, 4.69) is 5.32 Å². The molecule has 3 rings (SSSR count). The average Bonchev–Trinajstić information content (AvgIpc) is 2.40. The molecule has 0 bridgehead atoms. The maximum absolute atomic E-state index is 12.0. The summed E-state index contributed by atoms with van der Waals surface area (Å²) >= 11 is 0. The molecule has 0 aromatic heterocycles. The van der Waals surface area contributed by atoms with Crippen molar-refractivity contribution in [2.24, 2.45) is 0 Å². The van der Waals surface area contributed by atoms with Gasteiger partial charge >= 0.3 is 0 Å². The van der Waals surface area contributed by atoms with Gasteiger partial charge in [0, 0.05) is 5.69 Å². The summed E-state index contributed by atoms with van der Waals surface area (Å²) in [5.74, 6) is -0.535. The average molecular weight is 260 g/mol. The first-order valence-electron chi connectivity index (χ1n) is 6.50. The minimum Gasteiger partial charge on any atom is -0.380 e. The van der Waals surface area contributed by atoms with Crippen LogP contribution in [0.25, 0.3) is 0 Å². The summed E-state index contributed by atoms with van der Waals surface area (Å²) in [6, 6.07) is 8.83. The molecule has 100 valence electrons. The number of amides is 2. The van der Waals surface area contributed by atoms with Crippen LogP contribution in [0, 0.1) is 0 Å². The molecular weight excluding hydrogens is 244 g/mol. The van der Waals surface area contributed by atoms with Crippen molar-refractivity contribution in [3.63, 3.8) is 0 Å². The van der Waals surface area contributed by atoms with E-state index in [0.717, 1.165) is 12.1 Å². The van der Waals surface area contributed by atoms with Crippen molar-refractivity contribution in [1.82, 2.24) is 5.32 Å². The molecule has 19 heavy (non-hydrogen) atoms. The Morgan fingerprint density at radius 3 is 2.53 bits per heavy atom. The van der Waals surface area contributed by atoms with E-state index in [-0.39, 0.29) is 5.91 Å². The van der Waals surface area contributed by atoms with E-state index in [1.54, 1.807) is 4.90 Å². The first-order chi connectivity index (χ1) is 9.10. The Labute approximate surface area is 111 Å². The van der Waals surface area contributed by atoms with Crippen molar-refractivity contribution in [2.45, 2.75) is 30.9 Å². The number of hydrogen-bond donors (Lipinski definition) is 2. The lowest BCUT2D eigenvalue weighted by Crippen LogP contribution is -2.67. The lowest BCUT2D eigenvalue weighted by Gasteiger charge is -2.41. The zero-order valence-corrected chi connectivity index (χ0v) is 10.5. The van der Waals surface area contributed by atoms with E-state index in [4.69, 9.17) is 0 Å². The van der Waals surface area contributed by atoms with Gasteiger partial charge in [-0.1, -0.05) is 18.2 Å². The number of para-hydroxylation sites is 1. The van der Waals surface area contributed by atoms with Gasteiger partial charge in [0.1, 0.15) is 11.6 Å². The van der Waals surface area contributed by atoms with Gasteiger partial charge in [-0.15, -0.1) is 0 Å². The van der Waals surface area contributed by atoms with Gasteiger partial charge in [-0.25, -0.2) is 0 Å². The maximum Gasteiger partial charge on any atom is 0.252 e. The van der Waals surface area contributed by atoms with Crippen LogP contribution in [0.1, 0.15) is 19.3 Å². The number of aliphatic hydroxyl groups is 1. The van der Waals surface area contributed by atoms with Gasteiger partial charge in [0.05, 0.1) is 6.54 Å². The Morgan fingerprint density at radius 2 is 2.00 bits per heavy atom. The molecule has 1 saturated carbocycles. The van der Waals surface area contributed by atoms with Crippen LogP contribution in [0.4, 0.5) is 5.69 Å². The Hall–Kier alpha value is -1.88. The fraction of sp³-hybridized carbons (Fsp3) is 0.429. The van der Waals surface area contributed by atoms with E-state index < -0.39 is 17.6 Å². The zero-order valence-electron chi connectivity index (χ0n) is 10.5. The van der Waals surface area contributed by atoms with Crippen LogP contribution in [-0.4, -0.2) is 35.1 Å². The quantitative estimate of drug-likeness (QED) is 0.774. The van der Waals surface area contributed by atoms with Crippen molar-refractivity contribution in [3.8, 4) is 0 Å². The fourth-order valence-electron chi connectivity index (χ4n) is 2.41. The first-order valence-corrected chi connectivity index (χ1v) is 6.50. The monoisotopic (exact) mass is 260 g/mol. The van der Waals surface area contributed by atoms with Crippen molar-refractivity contribution in [2.75, 3.05) is 11.4 Å². The largest absolute Gasteiger partial charge is 0.380 e. The van der Waals surface area contributed by atoms with E-state index in [0.29, 0.717) is 19.4 Å². The molecule has 1 heterocycles. The topological polar surface area (TPSA) is 69.6 Å². The predicted molar refractivity (Wildman–Crippen MR) is 69.5 cm³/mol. The molecule has 2 amide bonds. The Morgan fingerprint density at radius 1 is 1.32 bits per heavy atom.